The summed E-state index contributed by atoms with van der Waals surface area (Å²) in [5.74, 6) is 0.139. The number of hydrogen-bond donors (Lipinski definition) is 1. The summed E-state index contributed by atoms with van der Waals surface area (Å²) in [7, 11) is -0.223. The minimum Gasteiger partial charge on any atom is -0.461 e. The second-order valence-electron chi connectivity index (χ2n) is 9.81. The molecule has 4 atom stereocenters. The first-order chi connectivity index (χ1) is 17.4. The molecule has 0 aliphatic carbocycles. The molecule has 0 bridgehead atoms. The standard InChI is InChI=1S/C28H55O6PS/c1-5-7-9-11-12-13-14-15-17-19-24-36-26(21-18-16-10-8-6-2)25(3)33-22-20-23-34-28(30,35-31)27(29)32-4/h25-26,30H,5-24H2,1-4H3/p+1. The maximum atomic E-state index is 11.5. The maximum Gasteiger partial charge on any atom is 0.470 e. The minimum atomic E-state index is -2.38. The first-order valence-electron chi connectivity index (χ1n) is 14.5. The highest BCUT2D eigenvalue weighted by Gasteiger charge is 2.48. The number of aliphatic hydroxyl groups is 1. The van der Waals surface area contributed by atoms with Crippen LogP contribution in [0.15, 0.2) is 0 Å². The lowest BCUT2D eigenvalue weighted by Gasteiger charge is -2.24. The average Bonchev–Trinajstić information content (AvgIpc) is 2.89. The fourth-order valence-electron chi connectivity index (χ4n) is 4.15. The maximum absolute atomic E-state index is 11.5. The van der Waals surface area contributed by atoms with Gasteiger partial charge in [-0.05, 0) is 31.9 Å². The van der Waals surface area contributed by atoms with E-state index in [9.17, 15) is 14.5 Å². The summed E-state index contributed by atoms with van der Waals surface area (Å²) in [4.78, 5) is 11.5. The van der Waals surface area contributed by atoms with E-state index in [1.165, 1.54) is 108 Å². The van der Waals surface area contributed by atoms with Gasteiger partial charge in [0.25, 0.3) is 0 Å². The second-order valence-corrected chi connectivity index (χ2v) is 12.0. The summed E-state index contributed by atoms with van der Waals surface area (Å²) in [5, 5.41) is 10.4. The largest absolute Gasteiger partial charge is 0.470 e. The van der Waals surface area contributed by atoms with E-state index in [1.807, 2.05) is 0 Å². The van der Waals surface area contributed by atoms with Crippen molar-refractivity contribution in [2.45, 2.75) is 147 Å². The van der Waals surface area contributed by atoms with E-state index in [-0.39, 0.29) is 12.7 Å². The van der Waals surface area contributed by atoms with Gasteiger partial charge < -0.3 is 19.3 Å². The first kappa shape index (κ1) is 35.8. The molecular weight excluding hydrogens is 495 g/mol. The first-order valence-corrected chi connectivity index (χ1v) is 16.5. The Morgan fingerprint density at radius 2 is 1.36 bits per heavy atom. The van der Waals surface area contributed by atoms with Crippen molar-refractivity contribution < 1.29 is 28.7 Å². The predicted molar refractivity (Wildman–Crippen MR) is 153 cm³/mol. The molecule has 0 aliphatic rings. The van der Waals surface area contributed by atoms with Crippen LogP contribution in [0.4, 0.5) is 0 Å². The molecule has 0 aromatic carbocycles. The van der Waals surface area contributed by atoms with Gasteiger partial charge in [0.05, 0.1) is 19.8 Å². The number of rotatable bonds is 27. The van der Waals surface area contributed by atoms with Crippen LogP contribution in [0, 0.1) is 0 Å². The summed E-state index contributed by atoms with van der Waals surface area (Å²) in [6.07, 6.45) is 21.8. The third-order valence-electron chi connectivity index (χ3n) is 6.53. The fraction of sp³-hybridized carbons (Fsp3) is 0.964. The van der Waals surface area contributed by atoms with E-state index in [4.69, 9.17) is 9.47 Å². The molecule has 0 saturated heterocycles. The van der Waals surface area contributed by atoms with E-state index in [0.717, 1.165) is 7.11 Å². The molecule has 0 aliphatic heterocycles. The van der Waals surface area contributed by atoms with Crippen LogP contribution in [0.3, 0.4) is 0 Å². The van der Waals surface area contributed by atoms with E-state index >= 15 is 0 Å². The predicted octanol–water partition coefficient (Wildman–Crippen LogP) is 8.02. The molecule has 6 nitrogen and oxygen atoms in total. The Morgan fingerprint density at radius 1 is 0.833 bits per heavy atom. The number of hydrogen-bond acceptors (Lipinski definition) is 7. The van der Waals surface area contributed by atoms with Crippen molar-refractivity contribution in [3.05, 3.63) is 0 Å². The number of methoxy groups -OCH3 is 1. The van der Waals surface area contributed by atoms with Gasteiger partial charge in [-0.15, -0.1) is 0 Å². The molecule has 0 spiro atoms. The van der Waals surface area contributed by atoms with Crippen LogP contribution in [0.2, 0.25) is 0 Å². The summed E-state index contributed by atoms with van der Waals surface area (Å²) >= 11 is 2.05. The van der Waals surface area contributed by atoms with Gasteiger partial charge >= 0.3 is 20.0 Å². The van der Waals surface area contributed by atoms with Gasteiger partial charge in [0.2, 0.25) is 0 Å². The van der Waals surface area contributed by atoms with Crippen LogP contribution in [-0.2, 0) is 23.6 Å². The Hall–Kier alpha value is -0.200. The summed E-state index contributed by atoms with van der Waals surface area (Å²) in [5.41, 5.74) is -2.38. The van der Waals surface area contributed by atoms with Crippen molar-refractivity contribution in [2.75, 3.05) is 26.1 Å². The molecule has 8 heteroatoms. The van der Waals surface area contributed by atoms with Gasteiger partial charge in [0.15, 0.2) is 0 Å². The van der Waals surface area contributed by atoms with Crippen LogP contribution in [0.25, 0.3) is 0 Å². The van der Waals surface area contributed by atoms with Crippen LogP contribution < -0.4 is 0 Å². The highest BCUT2D eigenvalue weighted by molar-refractivity contribution is 7.99. The highest BCUT2D eigenvalue weighted by Crippen LogP contribution is 2.26. The normalized spacial score (nSPS) is 15.0. The highest BCUT2D eigenvalue weighted by atomic mass is 32.2. The lowest BCUT2D eigenvalue weighted by Crippen LogP contribution is -2.37. The minimum absolute atomic E-state index is 0.0704. The Kier molecular flexibility index (Phi) is 25.0. The number of carbonyl (C=O) groups excluding carboxylic acids is 1. The summed E-state index contributed by atoms with van der Waals surface area (Å²) < 4.78 is 26.8. The number of ether oxygens (including phenoxy) is 3. The Labute approximate surface area is 227 Å². The molecule has 0 heterocycles. The van der Waals surface area contributed by atoms with Crippen molar-refractivity contribution in [2.24, 2.45) is 0 Å². The van der Waals surface area contributed by atoms with E-state index < -0.39 is 20.0 Å². The van der Waals surface area contributed by atoms with E-state index in [0.29, 0.717) is 18.3 Å². The molecule has 214 valence electrons. The van der Waals surface area contributed by atoms with Gasteiger partial charge in [0, 0.05) is 11.9 Å². The Bertz CT molecular complexity index is 524. The van der Waals surface area contributed by atoms with Crippen molar-refractivity contribution in [3.63, 3.8) is 0 Å². The third kappa shape index (κ3) is 19.0. The van der Waals surface area contributed by atoms with Crippen molar-refractivity contribution in [3.8, 4) is 0 Å². The SMILES string of the molecule is CCCCCCCCCCCCSC(CCCCCCC)C(C)OCCCOC(O)([PH+]=O)C(=O)OC. The number of thioether (sulfide) groups is 1. The van der Waals surface area contributed by atoms with Crippen molar-refractivity contribution in [1.29, 1.82) is 0 Å². The van der Waals surface area contributed by atoms with E-state index in [2.05, 4.69) is 37.3 Å². The van der Waals surface area contributed by atoms with Crippen LogP contribution >= 0.6 is 20.2 Å². The molecule has 36 heavy (non-hydrogen) atoms. The quantitative estimate of drug-likeness (QED) is 0.0479. The molecule has 0 saturated carbocycles. The van der Waals surface area contributed by atoms with Crippen LogP contribution in [0.5, 0.6) is 0 Å². The zero-order valence-electron chi connectivity index (χ0n) is 23.7. The number of unbranched alkanes of at least 4 members (excludes halogenated alkanes) is 13. The average molecular weight is 552 g/mol. The summed E-state index contributed by atoms with van der Waals surface area (Å²) in [6, 6.07) is 0. The molecule has 0 aromatic rings. The van der Waals surface area contributed by atoms with Gasteiger partial charge in [-0.2, -0.15) is 11.8 Å². The van der Waals surface area contributed by atoms with Gasteiger partial charge in [-0.25, -0.2) is 4.79 Å². The van der Waals surface area contributed by atoms with E-state index in [1.54, 1.807) is 0 Å². The molecule has 0 rings (SSSR count). The van der Waals surface area contributed by atoms with Gasteiger partial charge in [-0.1, -0.05) is 108 Å². The van der Waals surface area contributed by atoms with Crippen molar-refractivity contribution in [1.82, 2.24) is 0 Å². The smallest absolute Gasteiger partial charge is 0.461 e. The lowest BCUT2D eigenvalue weighted by atomic mass is 10.1. The third-order valence-corrected chi connectivity index (χ3v) is 8.72. The molecule has 4 unspecified atom stereocenters. The topological polar surface area (TPSA) is 82.1 Å². The molecule has 0 aromatic heterocycles. The number of carbonyl (C=O) groups is 1. The van der Waals surface area contributed by atoms with Crippen molar-refractivity contribution >= 4 is 26.2 Å². The zero-order valence-corrected chi connectivity index (χ0v) is 25.5. The second kappa shape index (κ2) is 25.1. The molecule has 0 radical (unpaired) electrons. The molecule has 1 N–H and O–H groups in total. The Balaban J connectivity index is 4.22. The monoisotopic (exact) mass is 551 g/mol. The molecule has 0 amide bonds. The van der Waals surface area contributed by atoms with Crippen LogP contribution in [-0.4, -0.2) is 54.0 Å². The lowest BCUT2D eigenvalue weighted by molar-refractivity contribution is -0.193. The Morgan fingerprint density at radius 3 is 1.89 bits per heavy atom. The van der Waals surface area contributed by atoms with Crippen LogP contribution in [0.1, 0.15) is 130 Å². The summed E-state index contributed by atoms with van der Waals surface area (Å²) in [6.45, 7) is 7.19. The number of esters is 1. The van der Waals surface area contributed by atoms with Gasteiger partial charge in [-0.3, -0.25) is 0 Å². The van der Waals surface area contributed by atoms with Gasteiger partial charge in [0.1, 0.15) is 0 Å². The zero-order chi connectivity index (χ0) is 26.9. The molecular formula is C28H56O6PS+. The molecule has 0 fully saturated rings. The fourth-order valence-corrected chi connectivity index (χ4v) is 5.85.